The Morgan fingerprint density at radius 1 is 1.00 bits per heavy atom. The monoisotopic (exact) mass is 383 g/mol. The largest absolute Gasteiger partial charge is 0.327 e. The highest BCUT2D eigenvalue weighted by molar-refractivity contribution is 6.30. The number of rotatable bonds is 2. The lowest BCUT2D eigenvalue weighted by Gasteiger charge is -2.38. The van der Waals surface area contributed by atoms with Crippen LogP contribution in [0.4, 0.5) is 8.78 Å². The lowest BCUT2D eigenvalue weighted by atomic mass is 9.87. The van der Waals surface area contributed by atoms with Crippen molar-refractivity contribution in [3.05, 3.63) is 106 Å². The fourth-order valence-corrected chi connectivity index (χ4v) is 3.73. The van der Waals surface area contributed by atoms with E-state index in [0.717, 1.165) is 28.8 Å². The summed E-state index contributed by atoms with van der Waals surface area (Å²) in [4.78, 5) is 14.8. The van der Waals surface area contributed by atoms with Crippen LogP contribution in [0.25, 0.3) is 0 Å². The van der Waals surface area contributed by atoms with Gasteiger partial charge >= 0.3 is 0 Å². The number of halogens is 3. The molecule has 0 N–H and O–H groups in total. The third-order valence-corrected chi connectivity index (χ3v) is 5.14. The first kappa shape index (κ1) is 17.7. The van der Waals surface area contributed by atoms with E-state index in [0.29, 0.717) is 18.0 Å². The summed E-state index contributed by atoms with van der Waals surface area (Å²) in [6, 6.07) is 17.9. The number of fused-ring (bicyclic) bond motifs is 1. The Hall–Kier alpha value is -2.72. The van der Waals surface area contributed by atoms with Crippen LogP contribution in [0.2, 0.25) is 5.02 Å². The van der Waals surface area contributed by atoms with Gasteiger partial charge in [-0.05, 0) is 47.4 Å². The number of benzene rings is 3. The molecule has 1 unspecified atom stereocenters. The number of hydrogen-bond acceptors (Lipinski definition) is 1. The molecular weight excluding hydrogens is 368 g/mol. The molecule has 4 rings (SSSR count). The normalized spacial score (nSPS) is 16.1. The molecule has 5 heteroatoms. The van der Waals surface area contributed by atoms with Gasteiger partial charge in [-0.2, -0.15) is 0 Å². The van der Waals surface area contributed by atoms with Gasteiger partial charge in [0.05, 0.1) is 11.6 Å². The molecule has 3 aromatic rings. The van der Waals surface area contributed by atoms with Crippen molar-refractivity contribution in [3.63, 3.8) is 0 Å². The first-order valence-electron chi connectivity index (χ1n) is 8.64. The molecule has 136 valence electrons. The van der Waals surface area contributed by atoms with Crippen molar-refractivity contribution < 1.29 is 13.6 Å². The molecule has 0 fully saturated rings. The minimum absolute atomic E-state index is 0.130. The SMILES string of the molecule is O=C(c1ccc(F)cc1F)N1CCc2ccccc2C1c1ccc(Cl)cc1. The Balaban J connectivity index is 1.81. The van der Waals surface area contributed by atoms with E-state index in [4.69, 9.17) is 11.6 Å². The van der Waals surface area contributed by atoms with Crippen LogP contribution in [0.1, 0.15) is 33.1 Å². The summed E-state index contributed by atoms with van der Waals surface area (Å²) >= 11 is 6.02. The molecule has 2 nitrogen and oxygen atoms in total. The van der Waals surface area contributed by atoms with Crippen LogP contribution in [-0.4, -0.2) is 17.4 Å². The van der Waals surface area contributed by atoms with E-state index < -0.39 is 17.5 Å². The van der Waals surface area contributed by atoms with E-state index >= 15 is 0 Å². The standard InChI is InChI=1S/C22H16ClF2NO/c23-16-7-5-15(6-8-16)21-18-4-2-1-3-14(18)11-12-26(21)22(27)19-10-9-17(24)13-20(19)25/h1-10,13,21H,11-12H2. The summed E-state index contributed by atoms with van der Waals surface area (Å²) in [7, 11) is 0. The van der Waals surface area contributed by atoms with Gasteiger partial charge in [0.25, 0.3) is 5.91 Å². The molecule has 0 saturated carbocycles. The van der Waals surface area contributed by atoms with Crippen molar-refractivity contribution in [1.82, 2.24) is 4.90 Å². The maximum absolute atomic E-state index is 14.2. The smallest absolute Gasteiger partial charge is 0.257 e. The molecule has 0 aliphatic carbocycles. The van der Waals surface area contributed by atoms with E-state index in [1.807, 2.05) is 36.4 Å². The van der Waals surface area contributed by atoms with Crippen LogP contribution < -0.4 is 0 Å². The highest BCUT2D eigenvalue weighted by atomic mass is 35.5. The second-order valence-corrected chi connectivity index (χ2v) is 6.96. The number of carbonyl (C=O) groups excluding carboxylic acids is 1. The molecule has 3 aromatic carbocycles. The number of amides is 1. The zero-order valence-electron chi connectivity index (χ0n) is 14.3. The van der Waals surface area contributed by atoms with Gasteiger partial charge in [-0.25, -0.2) is 8.78 Å². The van der Waals surface area contributed by atoms with Crippen LogP contribution in [0.15, 0.2) is 66.7 Å². The van der Waals surface area contributed by atoms with Crippen LogP contribution in [-0.2, 0) is 6.42 Å². The molecular formula is C22H16ClF2NO. The van der Waals surface area contributed by atoms with Crippen molar-refractivity contribution >= 4 is 17.5 Å². The lowest BCUT2D eigenvalue weighted by Crippen LogP contribution is -2.41. The fourth-order valence-electron chi connectivity index (χ4n) is 3.61. The summed E-state index contributed by atoms with van der Waals surface area (Å²) < 4.78 is 27.5. The highest BCUT2D eigenvalue weighted by Gasteiger charge is 2.33. The van der Waals surface area contributed by atoms with Crippen LogP contribution in [0.3, 0.4) is 0 Å². The molecule has 1 heterocycles. The summed E-state index contributed by atoms with van der Waals surface area (Å²) in [6.07, 6.45) is 0.675. The minimum atomic E-state index is -0.853. The third kappa shape index (κ3) is 3.33. The minimum Gasteiger partial charge on any atom is -0.327 e. The van der Waals surface area contributed by atoms with Gasteiger partial charge in [0.2, 0.25) is 0 Å². The predicted octanol–water partition coefficient (Wildman–Crippen LogP) is 5.41. The second kappa shape index (κ2) is 7.12. The van der Waals surface area contributed by atoms with Crippen LogP contribution in [0, 0.1) is 11.6 Å². The van der Waals surface area contributed by atoms with Gasteiger partial charge in [-0.1, -0.05) is 48.0 Å². The Kier molecular flexibility index (Phi) is 4.66. The fraction of sp³-hybridized carbons (Fsp3) is 0.136. The molecule has 0 spiro atoms. The molecule has 0 aromatic heterocycles. The van der Waals surface area contributed by atoms with E-state index in [-0.39, 0.29) is 11.6 Å². The summed E-state index contributed by atoms with van der Waals surface area (Å²) in [5.41, 5.74) is 2.92. The average Bonchev–Trinajstić information content (AvgIpc) is 2.67. The zero-order chi connectivity index (χ0) is 19.0. The molecule has 1 amide bonds. The molecule has 1 aliphatic rings. The quantitative estimate of drug-likeness (QED) is 0.579. The number of nitrogens with zero attached hydrogens (tertiary/aromatic N) is 1. The predicted molar refractivity (Wildman–Crippen MR) is 101 cm³/mol. The Morgan fingerprint density at radius 2 is 1.74 bits per heavy atom. The van der Waals surface area contributed by atoms with Gasteiger partial charge < -0.3 is 4.90 Å². The molecule has 0 bridgehead atoms. The Morgan fingerprint density at radius 3 is 2.48 bits per heavy atom. The van der Waals surface area contributed by atoms with Crippen molar-refractivity contribution in [2.75, 3.05) is 6.54 Å². The number of hydrogen-bond donors (Lipinski definition) is 0. The Bertz CT molecular complexity index is 1000. The molecule has 1 aliphatic heterocycles. The number of carbonyl (C=O) groups is 1. The third-order valence-electron chi connectivity index (χ3n) is 4.89. The molecule has 1 atom stereocenters. The maximum atomic E-state index is 14.2. The summed E-state index contributed by atoms with van der Waals surface area (Å²) in [5, 5.41) is 0.602. The average molecular weight is 384 g/mol. The van der Waals surface area contributed by atoms with Crippen molar-refractivity contribution in [1.29, 1.82) is 0 Å². The van der Waals surface area contributed by atoms with Gasteiger partial charge in [0.1, 0.15) is 11.6 Å². The maximum Gasteiger partial charge on any atom is 0.257 e. The topological polar surface area (TPSA) is 20.3 Å². The van der Waals surface area contributed by atoms with Crippen molar-refractivity contribution in [2.45, 2.75) is 12.5 Å². The molecule has 27 heavy (non-hydrogen) atoms. The van der Waals surface area contributed by atoms with Gasteiger partial charge in [-0.15, -0.1) is 0 Å². The van der Waals surface area contributed by atoms with Crippen LogP contribution in [0.5, 0.6) is 0 Å². The first-order chi connectivity index (χ1) is 13.0. The van der Waals surface area contributed by atoms with Crippen molar-refractivity contribution in [3.8, 4) is 0 Å². The second-order valence-electron chi connectivity index (χ2n) is 6.53. The first-order valence-corrected chi connectivity index (χ1v) is 9.01. The van der Waals surface area contributed by atoms with Gasteiger partial charge in [-0.3, -0.25) is 4.79 Å². The zero-order valence-corrected chi connectivity index (χ0v) is 15.1. The van der Waals surface area contributed by atoms with Crippen LogP contribution >= 0.6 is 11.6 Å². The summed E-state index contributed by atoms with van der Waals surface area (Å²) in [6.45, 7) is 0.444. The van der Waals surface area contributed by atoms with Gasteiger partial charge in [0, 0.05) is 17.6 Å². The van der Waals surface area contributed by atoms with Gasteiger partial charge in [0.15, 0.2) is 0 Å². The highest BCUT2D eigenvalue weighted by Crippen LogP contribution is 2.36. The van der Waals surface area contributed by atoms with E-state index in [9.17, 15) is 13.6 Å². The lowest BCUT2D eigenvalue weighted by molar-refractivity contribution is 0.0689. The summed E-state index contributed by atoms with van der Waals surface area (Å²) in [5.74, 6) is -2.02. The van der Waals surface area contributed by atoms with E-state index in [1.165, 1.54) is 6.07 Å². The molecule has 0 radical (unpaired) electrons. The molecule has 0 saturated heterocycles. The van der Waals surface area contributed by atoms with E-state index in [1.54, 1.807) is 17.0 Å². The van der Waals surface area contributed by atoms with Crippen molar-refractivity contribution in [2.24, 2.45) is 0 Å². The Labute approximate surface area is 161 Å². The van der Waals surface area contributed by atoms with E-state index in [2.05, 4.69) is 0 Å².